The molecule has 2 N–H and O–H groups in total. The van der Waals surface area contributed by atoms with Gasteiger partial charge in [0.05, 0.1) is 11.8 Å². The minimum atomic E-state index is 0.100. The Kier molecular flexibility index (Phi) is 6.13. The third-order valence-corrected chi connectivity index (χ3v) is 5.45. The molecule has 0 spiro atoms. The Balaban J connectivity index is 1.55. The lowest BCUT2D eigenvalue weighted by Gasteiger charge is -2.28. The summed E-state index contributed by atoms with van der Waals surface area (Å²) in [6.45, 7) is 4.36. The second-order valence-corrected chi connectivity index (χ2v) is 7.34. The number of piperidine rings is 1. The van der Waals surface area contributed by atoms with Crippen molar-refractivity contribution >= 4 is 11.6 Å². The third-order valence-electron chi connectivity index (χ3n) is 5.45. The molecule has 1 saturated heterocycles. The van der Waals surface area contributed by atoms with Crippen LogP contribution >= 0.6 is 0 Å². The minimum Gasteiger partial charge on any atom is -0.488 e. The summed E-state index contributed by atoms with van der Waals surface area (Å²) in [5.74, 6) is 1.99. The molecule has 4 heteroatoms. The number of hydrogen-bond acceptors (Lipinski definition) is 3. The lowest BCUT2D eigenvalue weighted by atomic mass is 9.84. The quantitative estimate of drug-likeness (QED) is 0.830. The van der Waals surface area contributed by atoms with Crippen LogP contribution in [0.15, 0.2) is 24.3 Å². The number of carbonyl (C=O) groups excluding carboxylic acids is 1. The molecule has 2 aliphatic rings. The van der Waals surface area contributed by atoms with Crippen LogP contribution in [-0.2, 0) is 4.79 Å². The van der Waals surface area contributed by atoms with Crippen molar-refractivity contribution in [3.63, 3.8) is 0 Å². The van der Waals surface area contributed by atoms with Gasteiger partial charge in [0, 0.05) is 6.42 Å². The molecule has 0 aromatic heterocycles. The van der Waals surface area contributed by atoms with Crippen molar-refractivity contribution < 1.29 is 9.53 Å². The maximum absolute atomic E-state index is 12.5. The smallest absolute Gasteiger partial charge is 0.224 e. The molecule has 0 bridgehead atoms. The van der Waals surface area contributed by atoms with Crippen molar-refractivity contribution in [1.29, 1.82) is 0 Å². The number of para-hydroxylation sites is 2. The Labute approximate surface area is 145 Å². The van der Waals surface area contributed by atoms with Gasteiger partial charge in [-0.25, -0.2) is 0 Å². The molecule has 24 heavy (non-hydrogen) atoms. The fourth-order valence-electron chi connectivity index (χ4n) is 3.93. The van der Waals surface area contributed by atoms with Crippen LogP contribution in [0.25, 0.3) is 0 Å². The average molecular weight is 330 g/mol. The van der Waals surface area contributed by atoms with E-state index in [2.05, 4.69) is 17.6 Å². The Morgan fingerprint density at radius 3 is 2.67 bits per heavy atom. The Hall–Kier alpha value is -1.55. The molecule has 3 rings (SSSR count). The van der Waals surface area contributed by atoms with Gasteiger partial charge in [0.25, 0.3) is 0 Å². The Bertz CT molecular complexity index is 534. The number of nitrogens with one attached hydrogen (secondary N) is 2. The molecular formula is C20H30N2O2. The van der Waals surface area contributed by atoms with E-state index < -0.39 is 0 Å². The van der Waals surface area contributed by atoms with Crippen molar-refractivity contribution in [3.05, 3.63) is 24.3 Å². The summed E-state index contributed by atoms with van der Waals surface area (Å²) in [7, 11) is 0. The van der Waals surface area contributed by atoms with Gasteiger partial charge in [-0.15, -0.1) is 0 Å². The summed E-state index contributed by atoms with van der Waals surface area (Å²) in [4.78, 5) is 12.5. The summed E-state index contributed by atoms with van der Waals surface area (Å²) in [5.41, 5.74) is 0.812. The van der Waals surface area contributed by atoms with Crippen LogP contribution in [0.3, 0.4) is 0 Å². The number of rotatable bonds is 6. The maximum Gasteiger partial charge on any atom is 0.224 e. The molecule has 1 aromatic rings. The fraction of sp³-hybridized carbons (Fsp3) is 0.650. The summed E-state index contributed by atoms with van der Waals surface area (Å²) in [5, 5.41) is 6.46. The number of benzene rings is 1. The highest BCUT2D eigenvalue weighted by Gasteiger charge is 2.23. The molecule has 2 fully saturated rings. The van der Waals surface area contributed by atoms with Gasteiger partial charge in [-0.1, -0.05) is 19.1 Å². The fourth-order valence-corrected chi connectivity index (χ4v) is 3.93. The molecule has 1 aromatic carbocycles. The van der Waals surface area contributed by atoms with Crippen molar-refractivity contribution in [2.45, 2.75) is 58.0 Å². The SMILES string of the molecule is CC(CC(=O)Nc1ccccc1OC1CCCC1)C1CCNCC1. The maximum atomic E-state index is 12.5. The zero-order valence-corrected chi connectivity index (χ0v) is 14.7. The van der Waals surface area contributed by atoms with E-state index in [1.807, 2.05) is 24.3 Å². The molecule has 1 saturated carbocycles. The van der Waals surface area contributed by atoms with Crippen LogP contribution in [0.4, 0.5) is 5.69 Å². The largest absolute Gasteiger partial charge is 0.488 e. The van der Waals surface area contributed by atoms with E-state index in [9.17, 15) is 4.79 Å². The second kappa shape index (κ2) is 8.52. The van der Waals surface area contributed by atoms with E-state index in [4.69, 9.17) is 4.74 Å². The first-order valence-corrected chi connectivity index (χ1v) is 9.48. The first kappa shape index (κ1) is 17.3. The van der Waals surface area contributed by atoms with Gasteiger partial charge < -0.3 is 15.4 Å². The van der Waals surface area contributed by atoms with Crippen molar-refractivity contribution in [1.82, 2.24) is 5.32 Å². The highest BCUT2D eigenvalue weighted by atomic mass is 16.5. The van der Waals surface area contributed by atoms with Gasteiger partial charge >= 0.3 is 0 Å². The standard InChI is InChI=1S/C20H30N2O2/c1-15(16-10-12-21-13-11-16)14-20(23)22-18-8-4-5-9-19(18)24-17-6-2-3-7-17/h4-5,8-9,15-17,21H,2-3,6-7,10-14H2,1H3,(H,22,23). The first-order valence-electron chi connectivity index (χ1n) is 9.48. The highest BCUT2D eigenvalue weighted by Crippen LogP contribution is 2.30. The van der Waals surface area contributed by atoms with Gasteiger partial charge in [0.15, 0.2) is 0 Å². The van der Waals surface area contributed by atoms with Crippen molar-refractivity contribution in [3.8, 4) is 5.75 Å². The zero-order valence-electron chi connectivity index (χ0n) is 14.7. The Morgan fingerprint density at radius 2 is 1.92 bits per heavy atom. The third kappa shape index (κ3) is 4.73. The first-order chi connectivity index (χ1) is 11.7. The van der Waals surface area contributed by atoms with E-state index >= 15 is 0 Å². The summed E-state index contributed by atoms with van der Waals surface area (Å²) >= 11 is 0. The predicted octanol–water partition coefficient (Wildman–Crippen LogP) is 3.97. The number of amides is 1. The average Bonchev–Trinajstić information content (AvgIpc) is 3.10. The number of hydrogen-bond donors (Lipinski definition) is 2. The predicted molar refractivity (Wildman–Crippen MR) is 97.3 cm³/mol. The highest BCUT2D eigenvalue weighted by molar-refractivity contribution is 5.92. The molecule has 132 valence electrons. The second-order valence-electron chi connectivity index (χ2n) is 7.34. The summed E-state index contributed by atoms with van der Waals surface area (Å²) in [6.07, 6.45) is 7.97. The van der Waals surface area contributed by atoms with E-state index in [1.54, 1.807) is 0 Å². The van der Waals surface area contributed by atoms with Crippen molar-refractivity contribution in [2.24, 2.45) is 11.8 Å². The lowest BCUT2D eigenvalue weighted by Crippen LogP contribution is -2.32. The lowest BCUT2D eigenvalue weighted by molar-refractivity contribution is -0.117. The van der Waals surface area contributed by atoms with Gasteiger partial charge in [0.2, 0.25) is 5.91 Å². The van der Waals surface area contributed by atoms with Crippen molar-refractivity contribution in [2.75, 3.05) is 18.4 Å². The van der Waals surface area contributed by atoms with Crippen LogP contribution in [0.2, 0.25) is 0 Å². The molecule has 1 aliphatic carbocycles. The van der Waals surface area contributed by atoms with Crippen LogP contribution in [0.5, 0.6) is 5.75 Å². The van der Waals surface area contributed by atoms with Gasteiger partial charge in [-0.2, -0.15) is 0 Å². The van der Waals surface area contributed by atoms with E-state index in [0.717, 1.165) is 37.4 Å². The minimum absolute atomic E-state index is 0.100. The molecule has 0 radical (unpaired) electrons. The summed E-state index contributed by atoms with van der Waals surface area (Å²) in [6, 6.07) is 7.83. The van der Waals surface area contributed by atoms with Crippen LogP contribution in [0, 0.1) is 11.8 Å². The molecular weight excluding hydrogens is 300 g/mol. The van der Waals surface area contributed by atoms with E-state index in [1.165, 1.54) is 25.7 Å². The van der Waals surface area contributed by atoms with E-state index in [0.29, 0.717) is 24.4 Å². The molecule has 1 unspecified atom stereocenters. The number of ether oxygens (including phenoxy) is 1. The molecule has 1 atom stereocenters. The van der Waals surface area contributed by atoms with Gasteiger partial charge in [-0.3, -0.25) is 4.79 Å². The molecule has 4 nitrogen and oxygen atoms in total. The van der Waals surface area contributed by atoms with E-state index in [-0.39, 0.29) is 5.91 Å². The van der Waals surface area contributed by atoms with Crippen LogP contribution in [0.1, 0.15) is 51.9 Å². The normalized spacial score (nSPS) is 20.7. The molecule has 1 amide bonds. The van der Waals surface area contributed by atoms with Crippen LogP contribution in [-0.4, -0.2) is 25.1 Å². The number of carbonyl (C=O) groups is 1. The topological polar surface area (TPSA) is 50.4 Å². The van der Waals surface area contributed by atoms with Crippen LogP contribution < -0.4 is 15.4 Å². The Morgan fingerprint density at radius 1 is 1.21 bits per heavy atom. The summed E-state index contributed by atoms with van der Waals surface area (Å²) < 4.78 is 6.11. The molecule has 1 heterocycles. The zero-order chi connectivity index (χ0) is 16.8. The monoisotopic (exact) mass is 330 g/mol. The molecule has 1 aliphatic heterocycles. The van der Waals surface area contributed by atoms with Gasteiger partial charge in [0.1, 0.15) is 5.75 Å². The number of anilines is 1. The van der Waals surface area contributed by atoms with Gasteiger partial charge in [-0.05, 0) is 75.6 Å².